The van der Waals surface area contributed by atoms with Crippen molar-refractivity contribution in [2.75, 3.05) is 11.6 Å². The van der Waals surface area contributed by atoms with E-state index in [1.807, 2.05) is 18.4 Å². The maximum Gasteiger partial charge on any atom is 0.322 e. The van der Waals surface area contributed by atoms with Gasteiger partial charge in [0, 0.05) is 15.5 Å². The number of hydrogen-bond acceptors (Lipinski definition) is 5. The Morgan fingerprint density at radius 3 is 2.78 bits per heavy atom. The lowest BCUT2D eigenvalue weighted by molar-refractivity contribution is 0.102. The predicted molar refractivity (Wildman–Crippen MR) is 90.9 cm³/mol. The van der Waals surface area contributed by atoms with Gasteiger partial charge in [-0.05, 0) is 36.6 Å². The fourth-order valence-corrected chi connectivity index (χ4v) is 2.79. The van der Waals surface area contributed by atoms with Crippen molar-refractivity contribution in [1.29, 1.82) is 0 Å². The zero-order valence-corrected chi connectivity index (χ0v) is 13.7. The van der Waals surface area contributed by atoms with E-state index in [4.69, 9.17) is 16.0 Å². The molecule has 23 heavy (non-hydrogen) atoms. The van der Waals surface area contributed by atoms with E-state index in [1.165, 1.54) is 11.8 Å². The number of nitrogens with one attached hydrogen (secondary N) is 1. The minimum absolute atomic E-state index is 0.0425. The van der Waals surface area contributed by atoms with Crippen molar-refractivity contribution in [1.82, 2.24) is 10.2 Å². The summed E-state index contributed by atoms with van der Waals surface area (Å²) in [6.45, 7) is 0. The molecular weight excluding hydrogens is 334 g/mol. The molecule has 0 fully saturated rings. The molecule has 0 atom stereocenters. The molecule has 0 bridgehead atoms. The van der Waals surface area contributed by atoms with Crippen molar-refractivity contribution in [3.05, 3.63) is 59.1 Å². The SMILES string of the molecule is CSc1ccccc1C(=O)Nc1nnc(-c2cccc(Cl)c2)o1. The molecule has 1 aromatic heterocycles. The van der Waals surface area contributed by atoms with Crippen molar-refractivity contribution in [2.45, 2.75) is 4.90 Å². The molecule has 0 radical (unpaired) electrons. The molecule has 116 valence electrons. The minimum atomic E-state index is -0.295. The third-order valence-electron chi connectivity index (χ3n) is 3.07. The summed E-state index contributed by atoms with van der Waals surface area (Å²) in [5, 5.41) is 10.9. The Labute approximate surface area is 142 Å². The fraction of sp³-hybridized carbons (Fsp3) is 0.0625. The number of nitrogens with zero attached hydrogens (tertiary/aromatic N) is 2. The van der Waals surface area contributed by atoms with Gasteiger partial charge in [-0.1, -0.05) is 34.9 Å². The standard InChI is InChI=1S/C16H12ClN3O2S/c1-23-13-8-3-2-7-12(13)14(21)18-16-20-19-15(22-16)10-5-4-6-11(17)9-10/h2-9H,1H3,(H,18,20,21). The normalized spacial score (nSPS) is 10.5. The fourth-order valence-electron chi connectivity index (χ4n) is 2.01. The summed E-state index contributed by atoms with van der Waals surface area (Å²) in [4.78, 5) is 13.2. The number of benzene rings is 2. The molecule has 0 saturated carbocycles. The third kappa shape index (κ3) is 3.55. The van der Waals surface area contributed by atoms with Gasteiger partial charge < -0.3 is 4.42 Å². The molecule has 0 aliphatic rings. The Morgan fingerprint density at radius 2 is 2.00 bits per heavy atom. The minimum Gasteiger partial charge on any atom is -0.403 e. The summed E-state index contributed by atoms with van der Waals surface area (Å²) >= 11 is 7.43. The smallest absolute Gasteiger partial charge is 0.322 e. The number of amides is 1. The van der Waals surface area contributed by atoms with E-state index in [0.717, 1.165) is 4.90 Å². The van der Waals surface area contributed by atoms with Crippen LogP contribution >= 0.6 is 23.4 Å². The van der Waals surface area contributed by atoms with Gasteiger partial charge in [0.2, 0.25) is 5.89 Å². The highest BCUT2D eigenvalue weighted by atomic mass is 35.5. The number of rotatable bonds is 4. The molecule has 3 rings (SSSR count). The number of halogens is 1. The Bertz CT molecular complexity index is 851. The Kier molecular flexibility index (Phi) is 4.64. The van der Waals surface area contributed by atoms with Crippen molar-refractivity contribution in [2.24, 2.45) is 0 Å². The van der Waals surface area contributed by atoms with Crippen LogP contribution in [0, 0.1) is 0 Å². The molecule has 1 heterocycles. The van der Waals surface area contributed by atoms with Gasteiger partial charge in [0.25, 0.3) is 5.91 Å². The first kappa shape index (κ1) is 15.6. The highest BCUT2D eigenvalue weighted by Gasteiger charge is 2.15. The van der Waals surface area contributed by atoms with Crippen molar-refractivity contribution in [3.63, 3.8) is 0 Å². The molecule has 1 N–H and O–H groups in total. The lowest BCUT2D eigenvalue weighted by Gasteiger charge is -2.05. The summed E-state index contributed by atoms with van der Waals surface area (Å²) in [6.07, 6.45) is 1.91. The molecule has 5 nitrogen and oxygen atoms in total. The van der Waals surface area contributed by atoms with Gasteiger partial charge in [0.15, 0.2) is 0 Å². The summed E-state index contributed by atoms with van der Waals surface area (Å²) in [5.41, 5.74) is 1.25. The van der Waals surface area contributed by atoms with Gasteiger partial charge in [0.1, 0.15) is 0 Å². The molecule has 0 spiro atoms. The molecule has 0 saturated heterocycles. The van der Waals surface area contributed by atoms with Gasteiger partial charge >= 0.3 is 6.01 Å². The van der Waals surface area contributed by atoms with Crippen LogP contribution in [0.2, 0.25) is 5.02 Å². The Morgan fingerprint density at radius 1 is 1.17 bits per heavy atom. The van der Waals surface area contributed by atoms with Crippen LogP contribution in [0.15, 0.2) is 57.8 Å². The number of thioether (sulfide) groups is 1. The number of aromatic nitrogens is 2. The lowest BCUT2D eigenvalue weighted by atomic mass is 10.2. The second kappa shape index (κ2) is 6.85. The second-order valence-corrected chi connectivity index (χ2v) is 5.86. The van der Waals surface area contributed by atoms with Crippen molar-refractivity contribution < 1.29 is 9.21 Å². The molecular formula is C16H12ClN3O2S. The first-order valence-corrected chi connectivity index (χ1v) is 8.31. The van der Waals surface area contributed by atoms with E-state index >= 15 is 0 Å². The highest BCUT2D eigenvalue weighted by molar-refractivity contribution is 7.98. The van der Waals surface area contributed by atoms with Crippen molar-refractivity contribution >= 4 is 35.3 Å². The van der Waals surface area contributed by atoms with Crippen LogP contribution in [0.1, 0.15) is 10.4 Å². The molecule has 0 aliphatic carbocycles. The number of hydrogen-bond donors (Lipinski definition) is 1. The molecule has 7 heteroatoms. The van der Waals surface area contributed by atoms with Crippen LogP contribution < -0.4 is 5.32 Å². The molecule has 0 unspecified atom stereocenters. The monoisotopic (exact) mass is 345 g/mol. The zero-order chi connectivity index (χ0) is 16.2. The average Bonchev–Trinajstić information content (AvgIpc) is 3.03. The van der Waals surface area contributed by atoms with Crippen LogP contribution in [0.5, 0.6) is 0 Å². The second-order valence-electron chi connectivity index (χ2n) is 4.58. The average molecular weight is 346 g/mol. The van der Waals surface area contributed by atoms with Gasteiger partial charge in [-0.25, -0.2) is 0 Å². The molecule has 2 aromatic carbocycles. The van der Waals surface area contributed by atoms with E-state index in [-0.39, 0.29) is 11.9 Å². The van der Waals surface area contributed by atoms with E-state index in [9.17, 15) is 4.79 Å². The van der Waals surface area contributed by atoms with E-state index in [2.05, 4.69) is 15.5 Å². The van der Waals surface area contributed by atoms with E-state index in [1.54, 1.807) is 36.4 Å². The van der Waals surface area contributed by atoms with Gasteiger partial charge in [-0.2, -0.15) is 0 Å². The predicted octanol–water partition coefficient (Wildman–Crippen LogP) is 4.36. The van der Waals surface area contributed by atoms with Gasteiger partial charge in [-0.15, -0.1) is 16.9 Å². The summed E-state index contributed by atoms with van der Waals surface area (Å²) < 4.78 is 5.47. The lowest BCUT2D eigenvalue weighted by Crippen LogP contribution is -2.13. The molecule has 3 aromatic rings. The highest BCUT2D eigenvalue weighted by Crippen LogP contribution is 2.24. The molecule has 1 amide bonds. The van der Waals surface area contributed by atoms with Gasteiger partial charge in [-0.3, -0.25) is 10.1 Å². The zero-order valence-electron chi connectivity index (χ0n) is 12.1. The maximum atomic E-state index is 12.3. The van der Waals surface area contributed by atoms with E-state index in [0.29, 0.717) is 22.0 Å². The summed E-state index contributed by atoms with van der Waals surface area (Å²) in [5.74, 6) is -0.00260. The van der Waals surface area contributed by atoms with Crippen LogP contribution in [-0.2, 0) is 0 Å². The Hall–Kier alpha value is -2.31. The summed E-state index contributed by atoms with van der Waals surface area (Å²) in [7, 11) is 0. The summed E-state index contributed by atoms with van der Waals surface area (Å²) in [6, 6.07) is 14.4. The van der Waals surface area contributed by atoms with Crippen LogP contribution in [0.4, 0.5) is 6.01 Å². The number of anilines is 1. The molecule has 0 aliphatic heterocycles. The topological polar surface area (TPSA) is 68.0 Å². The quantitative estimate of drug-likeness (QED) is 0.711. The number of carbonyl (C=O) groups excluding carboxylic acids is 1. The van der Waals surface area contributed by atoms with Crippen molar-refractivity contribution in [3.8, 4) is 11.5 Å². The van der Waals surface area contributed by atoms with Crippen LogP contribution in [-0.4, -0.2) is 22.4 Å². The van der Waals surface area contributed by atoms with Crippen LogP contribution in [0.25, 0.3) is 11.5 Å². The first-order chi connectivity index (χ1) is 11.2. The number of carbonyl (C=O) groups is 1. The third-order valence-corrected chi connectivity index (χ3v) is 4.10. The van der Waals surface area contributed by atoms with Gasteiger partial charge in [0.05, 0.1) is 5.56 Å². The maximum absolute atomic E-state index is 12.3. The van der Waals surface area contributed by atoms with Crippen LogP contribution in [0.3, 0.4) is 0 Å². The Balaban J connectivity index is 1.80. The van der Waals surface area contributed by atoms with E-state index < -0.39 is 0 Å². The largest absolute Gasteiger partial charge is 0.403 e. The first-order valence-electron chi connectivity index (χ1n) is 6.71.